The highest BCUT2D eigenvalue weighted by atomic mass is 32.1. The molecule has 3 aromatic carbocycles. The zero-order chi connectivity index (χ0) is 65.2. The molecule has 5 heterocycles. The molecular formula is C67H85F4N11O8S. The van der Waals surface area contributed by atoms with Crippen LogP contribution in [0.15, 0.2) is 89.3 Å². The molecule has 3 aliphatic heterocycles. The highest BCUT2D eigenvalue weighted by Gasteiger charge is 2.53. The lowest BCUT2D eigenvalue weighted by Crippen LogP contribution is -2.59. The molecule has 5 aromatic rings. The third-order valence-electron chi connectivity index (χ3n) is 17.7. The topological polar surface area (TPSA) is 233 Å². The number of hydrogen-bond acceptors (Lipinski definition) is 13. The number of rotatable bonds is 25. The highest BCUT2D eigenvalue weighted by molar-refractivity contribution is 7.13. The van der Waals surface area contributed by atoms with Crippen LogP contribution in [0.4, 0.5) is 28.9 Å². The minimum absolute atomic E-state index is 0.0564. The van der Waals surface area contributed by atoms with Gasteiger partial charge >= 0.3 is 6.18 Å². The summed E-state index contributed by atoms with van der Waals surface area (Å²) >= 11 is 1.51. The number of anilines is 2. The maximum absolute atomic E-state index is 14.8. The van der Waals surface area contributed by atoms with E-state index in [-0.39, 0.29) is 44.0 Å². The molecule has 91 heavy (non-hydrogen) atoms. The molecule has 0 bridgehead atoms. The molecule has 4 aliphatic rings. The Morgan fingerprint density at radius 1 is 0.813 bits per heavy atom. The number of carbonyl (C=O) groups is 6. The van der Waals surface area contributed by atoms with Gasteiger partial charge in [0.15, 0.2) is 5.67 Å². The van der Waals surface area contributed by atoms with Gasteiger partial charge in [-0.15, -0.1) is 11.3 Å². The fourth-order valence-corrected chi connectivity index (χ4v) is 12.9. The van der Waals surface area contributed by atoms with Crippen LogP contribution >= 0.6 is 11.3 Å². The van der Waals surface area contributed by atoms with Gasteiger partial charge in [0.2, 0.25) is 29.2 Å². The minimum Gasteiger partial charge on any atom is -0.391 e. The van der Waals surface area contributed by atoms with Crippen LogP contribution in [-0.2, 0) is 36.7 Å². The average molecular weight is 1280 g/mol. The van der Waals surface area contributed by atoms with Crippen molar-refractivity contribution in [3.8, 4) is 21.6 Å². The average Bonchev–Trinajstić information content (AvgIpc) is 1.87. The highest BCUT2D eigenvalue weighted by Crippen LogP contribution is 2.41. The molecule has 0 spiro atoms. The number of piperazine rings is 2. The number of alkyl halides is 4. The van der Waals surface area contributed by atoms with Gasteiger partial charge in [-0.25, -0.2) is 9.37 Å². The van der Waals surface area contributed by atoms with Crippen molar-refractivity contribution in [3.05, 3.63) is 123 Å². The normalized spacial score (nSPS) is 18.5. The Balaban J connectivity index is 0.696. The van der Waals surface area contributed by atoms with Gasteiger partial charge < -0.3 is 51.0 Å². The number of hydrogen-bond donors (Lipinski definition) is 6. The van der Waals surface area contributed by atoms with Crippen molar-refractivity contribution in [1.82, 2.24) is 45.5 Å². The number of nitrogens with one attached hydrogen (secondary N) is 5. The molecule has 9 rings (SSSR count). The lowest BCUT2D eigenvalue weighted by molar-refractivity contribution is -0.145. The third kappa shape index (κ3) is 17.9. The van der Waals surface area contributed by atoms with Gasteiger partial charge in [0.25, 0.3) is 11.8 Å². The Labute approximate surface area is 532 Å². The molecular weight excluding hydrogens is 1190 g/mol. The van der Waals surface area contributed by atoms with Crippen molar-refractivity contribution in [2.45, 2.75) is 147 Å². The molecule has 0 radical (unpaired) electrons. The van der Waals surface area contributed by atoms with E-state index in [0.29, 0.717) is 81.8 Å². The van der Waals surface area contributed by atoms with E-state index in [1.165, 1.54) is 16.2 Å². The third-order valence-corrected chi connectivity index (χ3v) is 18.7. The molecule has 1 saturated carbocycles. The SMILES string of the molecule is Cc1ncsc1-c1ccc([C@H](CC(=O)NCCCCCCCCCC(=O)N2CCN(Cc3cccc(-c4ccc(N5CCN(C)CC5)c(NC(=O)c5c[nH]c(=O)cc5C(F)(F)F)c4)c3)CC2)NC(=O)[C@@H]2C[C@@H](O)CN2C(=O)[C@@H](NC(=O)C2(F)CC2)C(C)(C)C)cc1. The number of aliphatic hydroxyl groups is 1. The summed E-state index contributed by atoms with van der Waals surface area (Å²) in [5.41, 5.74) is 2.12. The number of aromatic amines is 1. The van der Waals surface area contributed by atoms with E-state index >= 15 is 0 Å². The molecule has 4 fully saturated rings. The van der Waals surface area contributed by atoms with E-state index < -0.39 is 81.8 Å². The first-order valence-electron chi connectivity index (χ1n) is 31.7. The molecule has 1 aliphatic carbocycles. The number of amides is 6. The molecule has 19 nitrogen and oxygen atoms in total. The summed E-state index contributed by atoms with van der Waals surface area (Å²) in [6.45, 7) is 13.6. The number of unbranched alkanes of at least 4 members (excludes halogenated alkanes) is 6. The van der Waals surface area contributed by atoms with Gasteiger partial charge in [0.05, 0.1) is 57.1 Å². The summed E-state index contributed by atoms with van der Waals surface area (Å²) in [5.74, 6) is -3.15. The molecule has 2 aromatic heterocycles. The number of benzene rings is 3. The van der Waals surface area contributed by atoms with E-state index in [0.717, 1.165) is 97.1 Å². The first kappa shape index (κ1) is 67.8. The van der Waals surface area contributed by atoms with Crippen LogP contribution in [-0.4, -0.2) is 166 Å². The molecule has 0 unspecified atom stereocenters. The number of aryl methyl sites for hydroxylation is 1. The first-order chi connectivity index (χ1) is 43.3. The molecule has 3 saturated heterocycles. The molecule has 6 amide bonds. The van der Waals surface area contributed by atoms with Crippen molar-refractivity contribution >= 4 is 58.2 Å². The van der Waals surface area contributed by atoms with Crippen molar-refractivity contribution in [2.75, 3.05) is 82.7 Å². The number of aliphatic hydroxyl groups excluding tert-OH is 1. The van der Waals surface area contributed by atoms with Crippen LogP contribution in [0.1, 0.15) is 137 Å². The standard InChI is InChI=1S/C67H85F4N11O8S/c1-43-59(91-42-74-43)46-19-17-45(18-20-46)52(75-62(88)55-36-49(83)41-82(55)63(89)60(65(2,3)4)77-64(90)66(68)23-24-66)38-57(85)72-25-12-10-8-6-7-9-11-16-58(86)81-32-28-79(29-33-81)40-44-14-13-15-47(34-44)48-21-22-54(80-30-26-78(5)27-31-80)53(35-48)76-61(87)50-39-73-56(84)37-51(50)67(69,70)71/h13-15,17-22,34-35,37,39,42,49,52,55,60,83H,6-12,16,23-33,36,38,40-41H2,1-5H3,(H,72,85)(H,73,84)(H,75,88)(H,76,87)(H,77,90)/t49-,52+,55+,60-/m1/s1. The summed E-state index contributed by atoms with van der Waals surface area (Å²) in [7, 11) is 2.01. The van der Waals surface area contributed by atoms with Crippen LogP contribution < -0.4 is 31.7 Å². The Morgan fingerprint density at radius 2 is 1.48 bits per heavy atom. The van der Waals surface area contributed by atoms with Crippen molar-refractivity contribution < 1.29 is 51.4 Å². The zero-order valence-corrected chi connectivity index (χ0v) is 53.4. The van der Waals surface area contributed by atoms with Crippen molar-refractivity contribution in [2.24, 2.45) is 5.41 Å². The second-order valence-electron chi connectivity index (χ2n) is 25.8. The van der Waals surface area contributed by atoms with Crippen LogP contribution in [0.5, 0.6) is 0 Å². The number of H-pyrrole nitrogens is 1. The second-order valence-corrected chi connectivity index (χ2v) is 26.7. The van der Waals surface area contributed by atoms with E-state index in [4.69, 9.17) is 0 Å². The van der Waals surface area contributed by atoms with E-state index in [1.807, 2.05) is 73.5 Å². The largest absolute Gasteiger partial charge is 0.417 e. The van der Waals surface area contributed by atoms with Gasteiger partial charge in [0, 0.05) is 97.1 Å². The number of likely N-dealkylation sites (N-methyl/N-ethyl adjacent to an activating group) is 1. The second kappa shape index (κ2) is 29.8. The molecule has 4 atom stereocenters. The Hall–Kier alpha value is -7.54. The monoisotopic (exact) mass is 1280 g/mol. The lowest BCUT2D eigenvalue weighted by atomic mass is 9.85. The number of nitrogens with zero attached hydrogens (tertiary/aromatic N) is 6. The fraction of sp³-hybridized carbons (Fsp3) is 0.522. The number of thiazole rings is 1. The molecule has 6 N–H and O–H groups in total. The van der Waals surface area contributed by atoms with Gasteiger partial charge in [-0.2, -0.15) is 13.2 Å². The predicted octanol–water partition coefficient (Wildman–Crippen LogP) is 8.62. The number of β-amino-alcohol motifs (C(OH)–C–C–N with tert-alkyl or cyclic N) is 1. The number of pyridine rings is 1. The summed E-state index contributed by atoms with van der Waals surface area (Å²) in [5, 5.41) is 22.2. The fourth-order valence-electron chi connectivity index (χ4n) is 12.1. The smallest absolute Gasteiger partial charge is 0.391 e. The first-order valence-corrected chi connectivity index (χ1v) is 32.6. The number of aromatic nitrogens is 2. The lowest BCUT2D eigenvalue weighted by Gasteiger charge is -2.36. The maximum atomic E-state index is 14.8. The quantitative estimate of drug-likeness (QED) is 0.0238. The van der Waals surface area contributed by atoms with Gasteiger partial charge in [-0.1, -0.05) is 101 Å². The number of carbonyl (C=O) groups excluding carboxylic acids is 6. The van der Waals surface area contributed by atoms with Crippen LogP contribution in [0.2, 0.25) is 0 Å². The van der Waals surface area contributed by atoms with Crippen LogP contribution in [0.25, 0.3) is 21.6 Å². The minimum atomic E-state index is -4.92. The van der Waals surface area contributed by atoms with Gasteiger partial charge in [-0.05, 0) is 91.1 Å². The Bertz CT molecular complexity index is 3440. The van der Waals surface area contributed by atoms with Gasteiger partial charge in [-0.3, -0.25) is 38.5 Å². The summed E-state index contributed by atoms with van der Waals surface area (Å²) in [4.78, 5) is 111. The molecule has 24 heteroatoms. The van der Waals surface area contributed by atoms with Crippen LogP contribution in [0, 0.1) is 12.3 Å². The zero-order valence-electron chi connectivity index (χ0n) is 52.6. The molecule has 490 valence electrons. The van der Waals surface area contributed by atoms with Crippen molar-refractivity contribution in [1.29, 1.82) is 0 Å². The maximum Gasteiger partial charge on any atom is 0.417 e. The predicted molar refractivity (Wildman–Crippen MR) is 342 cm³/mol. The summed E-state index contributed by atoms with van der Waals surface area (Å²) < 4.78 is 56.8. The Kier molecular flexibility index (Phi) is 22.2. The van der Waals surface area contributed by atoms with Crippen LogP contribution in [0.3, 0.4) is 0 Å². The number of halogens is 4. The summed E-state index contributed by atoms with van der Waals surface area (Å²) in [6.07, 6.45) is 1.64. The van der Waals surface area contributed by atoms with Gasteiger partial charge in [0.1, 0.15) is 12.1 Å². The summed E-state index contributed by atoms with van der Waals surface area (Å²) in [6, 6.07) is 18.5. The van der Waals surface area contributed by atoms with E-state index in [2.05, 4.69) is 52.0 Å². The number of likely N-dealkylation sites (tertiary alicyclic amines) is 1. The van der Waals surface area contributed by atoms with Crippen molar-refractivity contribution in [3.63, 3.8) is 0 Å². The van der Waals surface area contributed by atoms with E-state index in [9.17, 15) is 56.2 Å². The Morgan fingerprint density at radius 3 is 2.14 bits per heavy atom. The van der Waals surface area contributed by atoms with E-state index in [1.54, 1.807) is 32.3 Å².